The molecule has 0 saturated heterocycles. The summed E-state index contributed by atoms with van der Waals surface area (Å²) in [6.45, 7) is 5.11. The maximum atomic E-state index is 12.4. The molecule has 25 heavy (non-hydrogen) atoms. The molecule has 6 nitrogen and oxygen atoms in total. The first-order valence-corrected chi connectivity index (χ1v) is 9.97. The minimum Gasteiger partial charge on any atom is -0.360 e. The number of hydrogen-bond acceptors (Lipinski definition) is 7. The zero-order valence-electron chi connectivity index (χ0n) is 14.2. The number of ketones is 1. The number of rotatable bonds is 7. The van der Waals surface area contributed by atoms with E-state index in [1.54, 1.807) is 6.07 Å². The maximum Gasteiger partial charge on any atom is 0.224 e. The molecule has 0 radical (unpaired) electrons. The average molecular weight is 377 g/mol. The van der Waals surface area contributed by atoms with E-state index in [1.807, 2.05) is 12.1 Å². The lowest BCUT2D eigenvalue weighted by Gasteiger charge is -2.17. The van der Waals surface area contributed by atoms with Gasteiger partial charge in [0.1, 0.15) is 0 Å². The van der Waals surface area contributed by atoms with Crippen LogP contribution in [0.15, 0.2) is 22.5 Å². The highest BCUT2D eigenvalue weighted by molar-refractivity contribution is 8.01. The number of carbonyl (C=O) groups is 2. The van der Waals surface area contributed by atoms with Crippen molar-refractivity contribution in [2.45, 2.75) is 31.0 Å². The minimum absolute atomic E-state index is 0.0280. The van der Waals surface area contributed by atoms with Crippen molar-refractivity contribution in [3.63, 3.8) is 0 Å². The fourth-order valence-corrected chi connectivity index (χ4v) is 4.05. The Labute approximate surface area is 154 Å². The molecule has 0 bridgehead atoms. The highest BCUT2D eigenvalue weighted by Gasteiger charge is 2.17. The SMILES string of the molecule is CC(C)CNc1nnc(SCC(=O)c2ccc3c(c2)CCC(=O)N3)s1. The number of hydrogen-bond donors (Lipinski definition) is 2. The quantitative estimate of drug-likeness (QED) is 0.569. The molecule has 0 atom stereocenters. The van der Waals surface area contributed by atoms with Gasteiger partial charge in [0.2, 0.25) is 11.0 Å². The second-order valence-corrected chi connectivity index (χ2v) is 8.48. The van der Waals surface area contributed by atoms with Crippen molar-refractivity contribution < 1.29 is 9.59 Å². The third kappa shape index (κ3) is 4.79. The number of anilines is 2. The number of benzene rings is 1. The van der Waals surface area contributed by atoms with Gasteiger partial charge in [-0.05, 0) is 36.1 Å². The Morgan fingerprint density at radius 3 is 3.00 bits per heavy atom. The van der Waals surface area contributed by atoms with Gasteiger partial charge in [0.25, 0.3) is 0 Å². The molecule has 0 aliphatic carbocycles. The Hall–Kier alpha value is -1.93. The molecule has 1 aromatic heterocycles. The van der Waals surface area contributed by atoms with Gasteiger partial charge < -0.3 is 10.6 Å². The van der Waals surface area contributed by atoms with Crippen LogP contribution in [0.5, 0.6) is 0 Å². The molecule has 0 saturated carbocycles. The molecular weight excluding hydrogens is 356 g/mol. The van der Waals surface area contributed by atoms with Crippen molar-refractivity contribution in [1.29, 1.82) is 0 Å². The van der Waals surface area contributed by atoms with Crippen LogP contribution in [0, 0.1) is 5.92 Å². The number of aromatic nitrogens is 2. The molecule has 1 amide bonds. The molecule has 1 aliphatic heterocycles. The van der Waals surface area contributed by atoms with Crippen LogP contribution in [0.1, 0.15) is 36.2 Å². The number of carbonyl (C=O) groups excluding carboxylic acids is 2. The Morgan fingerprint density at radius 2 is 2.20 bits per heavy atom. The molecule has 1 aromatic carbocycles. The van der Waals surface area contributed by atoms with Gasteiger partial charge in [-0.2, -0.15) is 0 Å². The van der Waals surface area contributed by atoms with Gasteiger partial charge in [0.05, 0.1) is 5.75 Å². The van der Waals surface area contributed by atoms with E-state index in [1.165, 1.54) is 23.1 Å². The van der Waals surface area contributed by atoms with Crippen molar-refractivity contribution in [1.82, 2.24) is 10.2 Å². The zero-order chi connectivity index (χ0) is 17.8. The number of nitrogens with one attached hydrogen (secondary N) is 2. The molecule has 132 valence electrons. The normalized spacial score (nSPS) is 13.5. The van der Waals surface area contributed by atoms with Gasteiger partial charge >= 0.3 is 0 Å². The van der Waals surface area contributed by atoms with Crippen LogP contribution in [0.2, 0.25) is 0 Å². The fourth-order valence-electron chi connectivity index (χ4n) is 2.40. The van der Waals surface area contributed by atoms with E-state index in [-0.39, 0.29) is 11.7 Å². The summed E-state index contributed by atoms with van der Waals surface area (Å²) in [5.74, 6) is 0.941. The predicted molar refractivity (Wildman–Crippen MR) is 102 cm³/mol. The molecule has 1 aliphatic rings. The topological polar surface area (TPSA) is 84.0 Å². The number of thioether (sulfide) groups is 1. The summed E-state index contributed by atoms with van der Waals surface area (Å²) in [6.07, 6.45) is 1.15. The van der Waals surface area contributed by atoms with E-state index >= 15 is 0 Å². The van der Waals surface area contributed by atoms with Crippen molar-refractivity contribution in [3.05, 3.63) is 29.3 Å². The molecule has 0 fully saturated rings. The molecule has 8 heteroatoms. The third-order valence-electron chi connectivity index (χ3n) is 3.72. The second kappa shape index (κ2) is 7.97. The van der Waals surface area contributed by atoms with Crippen molar-refractivity contribution in [3.8, 4) is 0 Å². The highest BCUT2D eigenvalue weighted by Crippen LogP contribution is 2.28. The van der Waals surface area contributed by atoms with Crippen LogP contribution in [-0.2, 0) is 11.2 Å². The van der Waals surface area contributed by atoms with E-state index in [0.29, 0.717) is 30.1 Å². The van der Waals surface area contributed by atoms with Gasteiger partial charge in [-0.3, -0.25) is 9.59 Å². The number of aryl methyl sites for hydroxylation is 1. The fraction of sp³-hybridized carbons (Fsp3) is 0.412. The number of amides is 1. The lowest BCUT2D eigenvalue weighted by Crippen LogP contribution is -2.19. The first-order chi connectivity index (χ1) is 12.0. The molecule has 2 aromatic rings. The zero-order valence-corrected chi connectivity index (χ0v) is 15.8. The van der Waals surface area contributed by atoms with Crippen LogP contribution in [0.3, 0.4) is 0 Å². The Kier molecular flexibility index (Phi) is 5.70. The summed E-state index contributed by atoms with van der Waals surface area (Å²) >= 11 is 2.87. The summed E-state index contributed by atoms with van der Waals surface area (Å²) in [5, 5.41) is 15.0. The van der Waals surface area contributed by atoms with E-state index in [0.717, 1.165) is 27.3 Å². The van der Waals surface area contributed by atoms with E-state index in [2.05, 4.69) is 34.7 Å². The summed E-state index contributed by atoms with van der Waals surface area (Å²) in [5.41, 5.74) is 2.50. The first kappa shape index (κ1) is 17.9. The first-order valence-electron chi connectivity index (χ1n) is 8.17. The molecule has 3 rings (SSSR count). The third-order valence-corrected chi connectivity index (χ3v) is 5.73. The molecular formula is C17H20N4O2S2. The lowest BCUT2D eigenvalue weighted by molar-refractivity contribution is -0.116. The van der Waals surface area contributed by atoms with E-state index in [9.17, 15) is 9.59 Å². The summed E-state index contributed by atoms with van der Waals surface area (Å²) in [4.78, 5) is 23.8. The number of Topliss-reactive ketones (excluding diaryl/α,β-unsaturated/α-hetero) is 1. The van der Waals surface area contributed by atoms with Gasteiger partial charge in [-0.1, -0.05) is 36.9 Å². The average Bonchev–Trinajstić information content (AvgIpc) is 3.05. The monoisotopic (exact) mass is 376 g/mol. The largest absolute Gasteiger partial charge is 0.360 e. The molecule has 0 unspecified atom stereocenters. The van der Waals surface area contributed by atoms with E-state index in [4.69, 9.17) is 0 Å². The van der Waals surface area contributed by atoms with Crippen LogP contribution < -0.4 is 10.6 Å². The standard InChI is InChI=1S/C17H20N4O2S2/c1-10(2)8-18-16-20-21-17(25-16)24-9-14(22)12-3-5-13-11(7-12)4-6-15(23)19-13/h3,5,7,10H,4,6,8-9H2,1-2H3,(H,18,20)(H,19,23). The van der Waals surface area contributed by atoms with Crippen LogP contribution >= 0.6 is 23.1 Å². The molecule has 2 N–H and O–H groups in total. The summed E-state index contributed by atoms with van der Waals surface area (Å²) in [6, 6.07) is 5.46. The lowest BCUT2D eigenvalue weighted by atomic mass is 9.99. The van der Waals surface area contributed by atoms with Gasteiger partial charge in [-0.25, -0.2) is 0 Å². The van der Waals surface area contributed by atoms with Crippen LogP contribution in [-0.4, -0.2) is 34.2 Å². The second-order valence-electron chi connectivity index (χ2n) is 6.28. The summed E-state index contributed by atoms with van der Waals surface area (Å²) < 4.78 is 0.782. The Bertz CT molecular complexity index is 789. The van der Waals surface area contributed by atoms with Crippen molar-refractivity contribution >= 4 is 45.6 Å². The van der Waals surface area contributed by atoms with Gasteiger partial charge in [0.15, 0.2) is 10.1 Å². The minimum atomic E-state index is 0.0280. The Morgan fingerprint density at radius 1 is 1.36 bits per heavy atom. The van der Waals surface area contributed by atoms with Crippen molar-refractivity contribution in [2.24, 2.45) is 5.92 Å². The van der Waals surface area contributed by atoms with Crippen LogP contribution in [0.4, 0.5) is 10.8 Å². The highest BCUT2D eigenvalue weighted by atomic mass is 32.2. The van der Waals surface area contributed by atoms with Gasteiger partial charge in [-0.15, -0.1) is 10.2 Å². The smallest absolute Gasteiger partial charge is 0.224 e. The number of nitrogens with zero attached hydrogens (tertiary/aromatic N) is 2. The van der Waals surface area contributed by atoms with Gasteiger partial charge in [0, 0.05) is 24.2 Å². The van der Waals surface area contributed by atoms with Crippen LogP contribution in [0.25, 0.3) is 0 Å². The number of fused-ring (bicyclic) bond motifs is 1. The maximum absolute atomic E-state index is 12.4. The predicted octanol–water partition coefficient (Wildman–Crippen LogP) is 3.47. The van der Waals surface area contributed by atoms with Crippen molar-refractivity contribution in [2.75, 3.05) is 22.9 Å². The molecule has 2 heterocycles. The molecule has 0 spiro atoms. The Balaban J connectivity index is 1.57. The van der Waals surface area contributed by atoms with E-state index < -0.39 is 0 Å². The summed E-state index contributed by atoms with van der Waals surface area (Å²) in [7, 11) is 0.